The van der Waals surface area contributed by atoms with Crippen molar-refractivity contribution in [1.29, 1.82) is 0 Å². The first kappa shape index (κ1) is 25.5. The van der Waals surface area contributed by atoms with Crippen LogP contribution in [0.1, 0.15) is 11.1 Å². The van der Waals surface area contributed by atoms with Gasteiger partial charge in [-0.15, -0.1) is 11.3 Å². The standard InChI is InChI=1S/C25H18Cl3N3O2S2/c26-19-8-5-16(6-9-19)22-14-34-25(30-22)35-15-24(32)31-29-12-17-3-1-2-4-23(17)33-13-18-7-10-20(27)11-21(18)28/h1-12,14H,13,15H2,(H,31,32)/b29-12+. The summed E-state index contributed by atoms with van der Waals surface area (Å²) in [4.78, 5) is 16.8. The number of hydrogen-bond acceptors (Lipinski definition) is 6. The second-order valence-electron chi connectivity index (χ2n) is 7.15. The summed E-state index contributed by atoms with van der Waals surface area (Å²) in [7, 11) is 0. The molecule has 0 fully saturated rings. The van der Waals surface area contributed by atoms with Crippen molar-refractivity contribution in [3.05, 3.63) is 98.3 Å². The number of para-hydroxylation sites is 1. The molecule has 1 N–H and O–H groups in total. The van der Waals surface area contributed by atoms with E-state index in [0.29, 0.717) is 20.8 Å². The van der Waals surface area contributed by atoms with Crippen LogP contribution in [0.25, 0.3) is 11.3 Å². The van der Waals surface area contributed by atoms with Crippen LogP contribution < -0.4 is 10.2 Å². The Labute approximate surface area is 226 Å². The molecule has 0 bridgehead atoms. The molecule has 0 saturated heterocycles. The van der Waals surface area contributed by atoms with Crippen molar-refractivity contribution in [3.8, 4) is 17.0 Å². The predicted octanol–water partition coefficient (Wildman–Crippen LogP) is 7.59. The summed E-state index contributed by atoms with van der Waals surface area (Å²) in [6.07, 6.45) is 1.55. The van der Waals surface area contributed by atoms with Crippen molar-refractivity contribution >= 4 is 70.0 Å². The van der Waals surface area contributed by atoms with E-state index < -0.39 is 0 Å². The topological polar surface area (TPSA) is 63.6 Å². The van der Waals surface area contributed by atoms with E-state index in [9.17, 15) is 4.79 Å². The van der Waals surface area contributed by atoms with Crippen molar-refractivity contribution in [3.63, 3.8) is 0 Å². The summed E-state index contributed by atoms with van der Waals surface area (Å²) in [5.41, 5.74) is 5.91. The largest absolute Gasteiger partial charge is 0.488 e. The number of carbonyl (C=O) groups excluding carboxylic acids is 1. The van der Waals surface area contributed by atoms with Crippen molar-refractivity contribution in [1.82, 2.24) is 10.4 Å². The molecule has 178 valence electrons. The lowest BCUT2D eigenvalue weighted by molar-refractivity contribution is -0.118. The molecule has 1 aromatic heterocycles. The van der Waals surface area contributed by atoms with Crippen LogP contribution in [0.5, 0.6) is 5.75 Å². The number of rotatable bonds is 9. The SMILES string of the molecule is O=C(CSc1nc(-c2ccc(Cl)cc2)cs1)N/N=C/c1ccccc1OCc1ccc(Cl)cc1Cl. The lowest BCUT2D eigenvalue weighted by atomic mass is 10.2. The van der Waals surface area contributed by atoms with E-state index in [1.54, 1.807) is 18.3 Å². The van der Waals surface area contributed by atoms with E-state index in [4.69, 9.17) is 39.5 Å². The highest BCUT2D eigenvalue weighted by Gasteiger charge is 2.09. The summed E-state index contributed by atoms with van der Waals surface area (Å²) >= 11 is 20.9. The highest BCUT2D eigenvalue weighted by molar-refractivity contribution is 8.01. The smallest absolute Gasteiger partial charge is 0.250 e. The molecule has 1 heterocycles. The normalized spacial score (nSPS) is 11.1. The zero-order valence-electron chi connectivity index (χ0n) is 18.1. The fourth-order valence-electron chi connectivity index (χ4n) is 2.92. The van der Waals surface area contributed by atoms with E-state index in [2.05, 4.69) is 15.5 Å². The molecule has 0 aliphatic carbocycles. The summed E-state index contributed by atoms with van der Waals surface area (Å²) < 4.78 is 6.70. The molecule has 0 atom stereocenters. The number of halogens is 3. The molecular weight excluding hydrogens is 545 g/mol. The molecule has 0 unspecified atom stereocenters. The Morgan fingerprint density at radius 2 is 1.83 bits per heavy atom. The maximum absolute atomic E-state index is 12.2. The van der Waals surface area contributed by atoms with Gasteiger partial charge < -0.3 is 4.74 Å². The maximum atomic E-state index is 12.2. The van der Waals surface area contributed by atoms with Crippen LogP contribution in [-0.4, -0.2) is 22.9 Å². The third kappa shape index (κ3) is 7.46. The van der Waals surface area contributed by atoms with Gasteiger partial charge in [0.25, 0.3) is 5.91 Å². The van der Waals surface area contributed by atoms with Gasteiger partial charge in [-0.1, -0.05) is 76.9 Å². The van der Waals surface area contributed by atoms with E-state index in [-0.39, 0.29) is 18.3 Å². The van der Waals surface area contributed by atoms with Gasteiger partial charge in [-0.2, -0.15) is 5.10 Å². The minimum atomic E-state index is -0.235. The number of amides is 1. The Morgan fingerprint density at radius 1 is 1.06 bits per heavy atom. The first-order valence-electron chi connectivity index (χ1n) is 10.3. The van der Waals surface area contributed by atoms with Crippen LogP contribution >= 0.6 is 57.9 Å². The Morgan fingerprint density at radius 3 is 2.63 bits per heavy atom. The lowest BCUT2D eigenvalue weighted by Crippen LogP contribution is -2.19. The second kappa shape index (κ2) is 12.4. The van der Waals surface area contributed by atoms with Gasteiger partial charge in [0.15, 0.2) is 4.34 Å². The van der Waals surface area contributed by atoms with Gasteiger partial charge >= 0.3 is 0 Å². The zero-order chi connectivity index (χ0) is 24.6. The number of aromatic nitrogens is 1. The first-order valence-corrected chi connectivity index (χ1v) is 13.3. The van der Waals surface area contributed by atoms with Gasteiger partial charge in [-0.25, -0.2) is 10.4 Å². The Hall–Kier alpha value is -2.55. The number of nitrogens with zero attached hydrogens (tertiary/aromatic N) is 2. The number of nitrogens with one attached hydrogen (secondary N) is 1. The third-order valence-electron chi connectivity index (χ3n) is 4.66. The number of thiazole rings is 1. The molecule has 35 heavy (non-hydrogen) atoms. The summed E-state index contributed by atoms with van der Waals surface area (Å²) in [6.45, 7) is 0.273. The number of ether oxygens (including phenoxy) is 1. The lowest BCUT2D eigenvalue weighted by Gasteiger charge is -2.10. The van der Waals surface area contributed by atoms with Gasteiger partial charge in [0.05, 0.1) is 17.7 Å². The van der Waals surface area contributed by atoms with Crippen LogP contribution in [-0.2, 0) is 11.4 Å². The second-order valence-corrected chi connectivity index (χ2v) is 10.5. The predicted molar refractivity (Wildman–Crippen MR) is 146 cm³/mol. The molecule has 5 nitrogen and oxygen atoms in total. The number of thioether (sulfide) groups is 1. The number of hydrazone groups is 1. The molecule has 3 aromatic carbocycles. The molecule has 0 radical (unpaired) electrons. The molecule has 0 spiro atoms. The fraction of sp³-hybridized carbons (Fsp3) is 0.0800. The van der Waals surface area contributed by atoms with Crippen LogP contribution in [0.15, 0.2) is 81.6 Å². The van der Waals surface area contributed by atoms with Crippen LogP contribution in [0, 0.1) is 0 Å². The van der Waals surface area contributed by atoms with E-state index in [0.717, 1.165) is 26.7 Å². The van der Waals surface area contributed by atoms with Gasteiger partial charge in [-0.05, 0) is 36.4 Å². The first-order chi connectivity index (χ1) is 17.0. The van der Waals surface area contributed by atoms with Gasteiger partial charge in [0.2, 0.25) is 0 Å². The van der Waals surface area contributed by atoms with Crippen LogP contribution in [0.4, 0.5) is 0 Å². The highest BCUT2D eigenvalue weighted by atomic mass is 35.5. The number of benzene rings is 3. The summed E-state index contributed by atoms with van der Waals surface area (Å²) in [5.74, 6) is 0.572. The zero-order valence-corrected chi connectivity index (χ0v) is 22.0. The van der Waals surface area contributed by atoms with Crippen molar-refractivity contribution in [2.24, 2.45) is 5.10 Å². The highest BCUT2D eigenvalue weighted by Crippen LogP contribution is 2.29. The van der Waals surface area contributed by atoms with Crippen LogP contribution in [0.3, 0.4) is 0 Å². The quantitative estimate of drug-likeness (QED) is 0.130. The van der Waals surface area contributed by atoms with Gasteiger partial charge in [0.1, 0.15) is 12.4 Å². The average Bonchev–Trinajstić information content (AvgIpc) is 3.32. The summed E-state index contributed by atoms with van der Waals surface area (Å²) in [6, 6.07) is 20.1. The minimum Gasteiger partial charge on any atom is -0.488 e. The van der Waals surface area contributed by atoms with Crippen LogP contribution in [0.2, 0.25) is 15.1 Å². The molecule has 4 aromatic rings. The molecule has 1 amide bonds. The molecule has 0 aliphatic heterocycles. The monoisotopic (exact) mass is 561 g/mol. The Balaban J connectivity index is 1.28. The molecule has 0 saturated carbocycles. The Bertz CT molecular complexity index is 1340. The minimum absolute atomic E-state index is 0.193. The fourth-order valence-corrected chi connectivity index (χ4v) is 5.14. The van der Waals surface area contributed by atoms with Crippen molar-refractivity contribution < 1.29 is 9.53 Å². The van der Waals surface area contributed by atoms with Gasteiger partial charge in [-0.3, -0.25) is 4.79 Å². The molecule has 0 aliphatic rings. The maximum Gasteiger partial charge on any atom is 0.250 e. The van der Waals surface area contributed by atoms with Gasteiger partial charge in [0, 0.05) is 37.1 Å². The molecular formula is C25H18Cl3N3O2S2. The molecule has 10 heteroatoms. The van der Waals surface area contributed by atoms with E-state index >= 15 is 0 Å². The van der Waals surface area contributed by atoms with Crippen molar-refractivity contribution in [2.75, 3.05) is 5.75 Å². The number of carbonyl (C=O) groups is 1. The third-order valence-corrected chi connectivity index (χ3v) is 7.52. The van der Waals surface area contributed by atoms with Crippen molar-refractivity contribution in [2.45, 2.75) is 10.9 Å². The number of hydrogen-bond donors (Lipinski definition) is 1. The Kier molecular flexibility index (Phi) is 9.06. The van der Waals surface area contributed by atoms with E-state index in [1.807, 2.05) is 60.0 Å². The average molecular weight is 563 g/mol. The molecule has 4 rings (SSSR count). The van der Waals surface area contributed by atoms with E-state index in [1.165, 1.54) is 23.1 Å². The summed E-state index contributed by atoms with van der Waals surface area (Å²) in [5, 5.41) is 7.80.